The summed E-state index contributed by atoms with van der Waals surface area (Å²) in [5.74, 6) is 1.66. The Morgan fingerprint density at radius 3 is 2.38 bits per heavy atom. The molecular formula is C29H21F2N3. The van der Waals surface area contributed by atoms with E-state index in [2.05, 4.69) is 17.8 Å². The third-order valence-corrected chi connectivity index (χ3v) is 5.86. The molecule has 5 rings (SSSR count). The fourth-order valence-electron chi connectivity index (χ4n) is 4.09. The first-order valence-corrected chi connectivity index (χ1v) is 10.9. The van der Waals surface area contributed by atoms with Crippen LogP contribution in [0.15, 0.2) is 72.8 Å². The number of nitrogens with zero attached hydrogens (tertiary/aromatic N) is 2. The lowest BCUT2D eigenvalue weighted by Gasteiger charge is -2.20. The topological polar surface area (TPSA) is 29.9 Å². The van der Waals surface area contributed by atoms with Gasteiger partial charge < -0.3 is 5.32 Å². The molecule has 166 valence electrons. The number of imidazole rings is 1. The van der Waals surface area contributed by atoms with E-state index in [4.69, 9.17) is 11.4 Å². The average Bonchev–Trinajstić information content (AvgIpc) is 3.17. The molecule has 0 bridgehead atoms. The Morgan fingerprint density at radius 1 is 0.912 bits per heavy atom. The SMILES string of the molecule is C#Cc1cccc(C2=Cn3c(nc(Cc4ccc(F)cc4)c3=C)=C(Cc3ccccc3)N2)c1F. The van der Waals surface area contributed by atoms with Crippen LogP contribution in [0.1, 0.15) is 27.9 Å². The van der Waals surface area contributed by atoms with E-state index in [1.54, 1.807) is 36.5 Å². The van der Waals surface area contributed by atoms with Crippen LogP contribution in [-0.2, 0) is 12.8 Å². The third kappa shape index (κ3) is 4.02. The van der Waals surface area contributed by atoms with E-state index in [0.717, 1.165) is 22.5 Å². The van der Waals surface area contributed by atoms with E-state index in [0.29, 0.717) is 34.9 Å². The van der Waals surface area contributed by atoms with Crippen molar-refractivity contribution < 1.29 is 8.78 Å². The van der Waals surface area contributed by atoms with Crippen LogP contribution in [0.3, 0.4) is 0 Å². The standard InChI is InChI=1S/C29H21F2N3/c1-3-22-10-7-11-24(28(22)31)27-18-34-19(2)25(16-21-12-14-23(30)15-13-21)33-29(34)26(32-27)17-20-8-5-4-6-9-20/h1,4-15,18,32H,2,16-17H2. The number of halogens is 2. The van der Waals surface area contributed by atoms with Crippen LogP contribution >= 0.6 is 0 Å². The largest absolute Gasteiger partial charge is 0.354 e. The first kappa shape index (κ1) is 21.4. The maximum absolute atomic E-state index is 15.1. The summed E-state index contributed by atoms with van der Waals surface area (Å²) in [5, 5.41) is 4.08. The second-order valence-corrected chi connectivity index (χ2v) is 8.12. The monoisotopic (exact) mass is 449 g/mol. The van der Waals surface area contributed by atoms with Crippen LogP contribution in [0, 0.1) is 24.0 Å². The lowest BCUT2D eigenvalue weighted by atomic mass is 10.0. The van der Waals surface area contributed by atoms with Gasteiger partial charge in [0.1, 0.15) is 11.6 Å². The maximum Gasteiger partial charge on any atom is 0.157 e. The summed E-state index contributed by atoms with van der Waals surface area (Å²) in [4.78, 5) is 4.87. The minimum absolute atomic E-state index is 0.202. The van der Waals surface area contributed by atoms with Gasteiger partial charge in [0, 0.05) is 24.6 Å². The quantitative estimate of drug-likeness (QED) is 0.466. The molecule has 4 aromatic rings. The Hall–Kier alpha value is -4.43. The Bertz CT molecular complexity index is 1560. The predicted octanol–water partition coefficient (Wildman–Crippen LogP) is 4.05. The molecule has 1 aliphatic rings. The van der Waals surface area contributed by atoms with Gasteiger partial charge in [0.25, 0.3) is 0 Å². The highest BCUT2D eigenvalue weighted by molar-refractivity contribution is 5.81. The van der Waals surface area contributed by atoms with Gasteiger partial charge in [-0.05, 0) is 35.4 Å². The van der Waals surface area contributed by atoms with Crippen molar-refractivity contribution in [3.63, 3.8) is 0 Å². The van der Waals surface area contributed by atoms with Crippen molar-refractivity contribution in [2.24, 2.45) is 0 Å². The first-order valence-electron chi connectivity index (χ1n) is 10.9. The molecule has 5 heteroatoms. The highest BCUT2D eigenvalue weighted by Crippen LogP contribution is 2.23. The Labute approximate surface area is 196 Å². The summed E-state index contributed by atoms with van der Waals surface area (Å²) in [5.41, 5.74) is 5.47. The zero-order chi connectivity index (χ0) is 23.7. The summed E-state index contributed by atoms with van der Waals surface area (Å²) in [7, 11) is 0. The smallest absolute Gasteiger partial charge is 0.157 e. The van der Waals surface area contributed by atoms with Crippen molar-refractivity contribution in [2.45, 2.75) is 12.8 Å². The molecule has 0 aliphatic carbocycles. The molecule has 1 aromatic heterocycles. The lowest BCUT2D eigenvalue weighted by molar-refractivity contribution is 0.619. The van der Waals surface area contributed by atoms with E-state index in [-0.39, 0.29) is 11.4 Å². The summed E-state index contributed by atoms with van der Waals surface area (Å²) in [6.07, 6.45) is 8.35. The molecule has 0 unspecified atom stereocenters. The van der Waals surface area contributed by atoms with Crippen molar-refractivity contribution in [1.29, 1.82) is 0 Å². The highest BCUT2D eigenvalue weighted by atomic mass is 19.1. The van der Waals surface area contributed by atoms with E-state index in [1.807, 2.05) is 34.9 Å². The van der Waals surface area contributed by atoms with Gasteiger partial charge in [-0.1, -0.05) is 61.0 Å². The van der Waals surface area contributed by atoms with Crippen LogP contribution in [0.25, 0.3) is 24.2 Å². The summed E-state index contributed by atoms with van der Waals surface area (Å²) in [6, 6.07) is 21.3. The lowest BCUT2D eigenvalue weighted by Crippen LogP contribution is -2.35. The second kappa shape index (κ2) is 8.84. The molecule has 0 atom stereocenters. The van der Waals surface area contributed by atoms with E-state index in [1.165, 1.54) is 12.1 Å². The first-order chi connectivity index (χ1) is 16.5. The molecule has 34 heavy (non-hydrogen) atoms. The van der Waals surface area contributed by atoms with Gasteiger partial charge in [-0.15, -0.1) is 6.42 Å². The van der Waals surface area contributed by atoms with Crippen molar-refractivity contribution in [3.8, 4) is 12.3 Å². The van der Waals surface area contributed by atoms with Crippen LogP contribution in [0.4, 0.5) is 8.78 Å². The number of hydrogen-bond donors (Lipinski definition) is 1. The number of hydrogen-bond acceptors (Lipinski definition) is 2. The van der Waals surface area contributed by atoms with Crippen molar-refractivity contribution >= 4 is 24.2 Å². The van der Waals surface area contributed by atoms with Gasteiger partial charge in [0.2, 0.25) is 0 Å². The summed E-state index contributed by atoms with van der Waals surface area (Å²) >= 11 is 0. The fourth-order valence-corrected chi connectivity index (χ4v) is 4.09. The van der Waals surface area contributed by atoms with E-state index < -0.39 is 5.82 Å². The Kier molecular flexibility index (Phi) is 5.57. The number of rotatable bonds is 5. The molecule has 1 aliphatic heterocycles. The molecule has 0 spiro atoms. The van der Waals surface area contributed by atoms with Gasteiger partial charge in [0.15, 0.2) is 5.48 Å². The maximum atomic E-state index is 15.1. The van der Waals surface area contributed by atoms with Gasteiger partial charge in [0.05, 0.1) is 28.0 Å². The average molecular weight is 450 g/mol. The molecule has 3 aromatic carbocycles. The molecule has 2 heterocycles. The van der Waals surface area contributed by atoms with Gasteiger partial charge in [-0.2, -0.15) is 0 Å². The molecular weight excluding hydrogens is 428 g/mol. The summed E-state index contributed by atoms with van der Waals surface area (Å²) in [6.45, 7) is 4.25. The predicted molar refractivity (Wildman–Crippen MR) is 131 cm³/mol. The molecule has 1 N–H and O–H groups in total. The van der Waals surface area contributed by atoms with Crippen LogP contribution in [0.5, 0.6) is 0 Å². The molecule has 3 nitrogen and oxygen atoms in total. The van der Waals surface area contributed by atoms with E-state index in [9.17, 15) is 4.39 Å². The Balaban J connectivity index is 1.64. The molecule has 0 saturated carbocycles. The number of nitrogens with one attached hydrogen (secondary N) is 1. The number of aromatic nitrogens is 2. The highest BCUT2D eigenvalue weighted by Gasteiger charge is 2.20. The van der Waals surface area contributed by atoms with Gasteiger partial charge in [-0.3, -0.25) is 4.57 Å². The van der Waals surface area contributed by atoms with E-state index >= 15 is 4.39 Å². The normalized spacial score (nSPS) is 12.5. The zero-order valence-corrected chi connectivity index (χ0v) is 18.4. The number of terminal acetylenes is 1. The van der Waals surface area contributed by atoms with Crippen molar-refractivity contribution in [3.05, 3.63) is 123 Å². The molecule has 0 fully saturated rings. The summed E-state index contributed by atoms with van der Waals surface area (Å²) < 4.78 is 30.3. The Morgan fingerprint density at radius 2 is 1.65 bits per heavy atom. The number of benzene rings is 3. The molecule has 0 radical (unpaired) electrons. The van der Waals surface area contributed by atoms with Crippen molar-refractivity contribution in [2.75, 3.05) is 0 Å². The van der Waals surface area contributed by atoms with Gasteiger partial charge in [-0.25, -0.2) is 13.8 Å². The minimum Gasteiger partial charge on any atom is -0.354 e. The fraction of sp³-hybridized carbons (Fsp3) is 0.0690. The van der Waals surface area contributed by atoms with Crippen LogP contribution < -0.4 is 16.1 Å². The minimum atomic E-state index is -0.455. The molecule has 0 saturated heterocycles. The third-order valence-electron chi connectivity index (χ3n) is 5.86. The second-order valence-electron chi connectivity index (χ2n) is 8.12. The van der Waals surface area contributed by atoms with Gasteiger partial charge >= 0.3 is 0 Å². The van der Waals surface area contributed by atoms with Crippen LogP contribution in [-0.4, -0.2) is 9.55 Å². The van der Waals surface area contributed by atoms with Crippen molar-refractivity contribution in [1.82, 2.24) is 14.9 Å². The number of fused-ring (bicyclic) bond motifs is 1. The zero-order valence-electron chi connectivity index (χ0n) is 18.4. The molecule has 0 amide bonds. The van der Waals surface area contributed by atoms with Crippen LogP contribution in [0.2, 0.25) is 0 Å².